The van der Waals surface area contributed by atoms with Crippen molar-refractivity contribution in [3.8, 4) is 0 Å². The minimum absolute atomic E-state index is 0.136. The van der Waals surface area contributed by atoms with Gasteiger partial charge in [0.25, 0.3) is 0 Å². The maximum absolute atomic E-state index is 11.1. The van der Waals surface area contributed by atoms with E-state index in [0.29, 0.717) is 6.54 Å². The van der Waals surface area contributed by atoms with Crippen molar-refractivity contribution in [2.24, 2.45) is 5.14 Å². The summed E-state index contributed by atoms with van der Waals surface area (Å²) in [6, 6.07) is 6.56. The summed E-state index contributed by atoms with van der Waals surface area (Å²) < 4.78 is 27.6. The predicted octanol–water partition coefficient (Wildman–Crippen LogP) is 1.12. The Morgan fingerprint density at radius 2 is 2.05 bits per heavy atom. The number of benzene rings is 1. The molecule has 1 aromatic carbocycles. The van der Waals surface area contributed by atoms with Crippen LogP contribution in [-0.4, -0.2) is 21.1 Å². The molecule has 0 saturated carbocycles. The molecule has 0 radical (unpaired) electrons. The zero-order valence-corrected chi connectivity index (χ0v) is 11.4. The smallest absolute Gasteiger partial charge is 0.238 e. The summed E-state index contributed by atoms with van der Waals surface area (Å²) in [6.45, 7) is 1.45. The molecule has 6 heteroatoms. The summed E-state index contributed by atoms with van der Waals surface area (Å²) in [5.41, 5.74) is 1.01. The molecule has 0 fully saturated rings. The number of hydrogen-bond donors (Lipinski definition) is 2. The van der Waals surface area contributed by atoms with Crippen LogP contribution in [0.2, 0.25) is 0 Å². The molecule has 0 amide bonds. The number of ether oxygens (including phenoxy) is 1. The van der Waals surface area contributed by atoms with Crippen molar-refractivity contribution in [2.45, 2.75) is 30.4 Å². The fraction of sp³-hybridized carbons (Fsp3) is 0.385. The van der Waals surface area contributed by atoms with E-state index in [2.05, 4.69) is 5.32 Å². The maximum atomic E-state index is 11.1. The van der Waals surface area contributed by atoms with Gasteiger partial charge in [0.15, 0.2) is 0 Å². The Hall–Kier alpha value is -1.37. The van der Waals surface area contributed by atoms with Crippen LogP contribution in [-0.2, 0) is 21.3 Å². The van der Waals surface area contributed by atoms with Crippen LogP contribution in [0.4, 0.5) is 0 Å². The number of rotatable bonds is 5. The van der Waals surface area contributed by atoms with Crippen molar-refractivity contribution in [3.05, 3.63) is 42.2 Å². The van der Waals surface area contributed by atoms with E-state index in [0.717, 1.165) is 24.9 Å². The SMILES string of the molecule is NS(=O)(=O)c1ccc(CNCC2CCC=CO2)cc1. The second kappa shape index (κ2) is 6.18. The number of hydrogen-bond acceptors (Lipinski definition) is 4. The van der Waals surface area contributed by atoms with Crippen molar-refractivity contribution >= 4 is 10.0 Å². The predicted molar refractivity (Wildman–Crippen MR) is 72.8 cm³/mol. The average molecular weight is 282 g/mol. The second-order valence-corrected chi connectivity index (χ2v) is 6.09. The van der Waals surface area contributed by atoms with Crippen LogP contribution in [0.3, 0.4) is 0 Å². The molecule has 19 heavy (non-hydrogen) atoms. The Balaban J connectivity index is 1.81. The summed E-state index contributed by atoms with van der Waals surface area (Å²) >= 11 is 0. The first-order valence-electron chi connectivity index (χ1n) is 6.18. The fourth-order valence-electron chi connectivity index (χ4n) is 1.91. The Morgan fingerprint density at radius 3 is 2.63 bits per heavy atom. The van der Waals surface area contributed by atoms with Crippen LogP contribution in [0.1, 0.15) is 18.4 Å². The van der Waals surface area contributed by atoms with Gasteiger partial charge in [0.05, 0.1) is 11.2 Å². The number of primary sulfonamides is 1. The summed E-state index contributed by atoms with van der Waals surface area (Å²) in [4.78, 5) is 0.136. The van der Waals surface area contributed by atoms with Gasteiger partial charge in [-0.3, -0.25) is 0 Å². The third kappa shape index (κ3) is 4.34. The molecule has 1 atom stereocenters. The zero-order chi connectivity index (χ0) is 13.7. The van der Waals surface area contributed by atoms with Crippen molar-refractivity contribution < 1.29 is 13.2 Å². The van der Waals surface area contributed by atoms with Gasteiger partial charge in [-0.05, 0) is 36.6 Å². The lowest BCUT2D eigenvalue weighted by Crippen LogP contribution is -2.28. The van der Waals surface area contributed by atoms with Gasteiger partial charge in [-0.15, -0.1) is 0 Å². The Labute approximate surface area is 113 Å². The summed E-state index contributed by atoms with van der Waals surface area (Å²) in [6.07, 6.45) is 6.05. The molecule has 2 rings (SSSR count). The van der Waals surface area contributed by atoms with Crippen molar-refractivity contribution in [1.82, 2.24) is 5.32 Å². The first-order chi connectivity index (χ1) is 9.05. The van der Waals surface area contributed by atoms with Crippen LogP contribution in [0, 0.1) is 0 Å². The molecule has 0 saturated heterocycles. The molecule has 1 unspecified atom stereocenters. The lowest BCUT2D eigenvalue weighted by atomic mass is 10.1. The fourth-order valence-corrected chi connectivity index (χ4v) is 2.42. The van der Waals surface area contributed by atoms with Crippen LogP contribution in [0.25, 0.3) is 0 Å². The first-order valence-corrected chi connectivity index (χ1v) is 7.73. The Bertz CT molecular complexity index is 538. The van der Waals surface area contributed by atoms with E-state index in [1.165, 1.54) is 12.1 Å². The molecule has 5 nitrogen and oxygen atoms in total. The van der Waals surface area contributed by atoms with E-state index in [-0.39, 0.29) is 11.0 Å². The quantitative estimate of drug-likeness (QED) is 0.848. The van der Waals surface area contributed by atoms with Crippen molar-refractivity contribution in [1.29, 1.82) is 0 Å². The lowest BCUT2D eigenvalue weighted by Gasteiger charge is -2.19. The summed E-state index contributed by atoms with van der Waals surface area (Å²) in [5, 5.41) is 8.33. The van der Waals surface area contributed by atoms with Crippen molar-refractivity contribution in [3.63, 3.8) is 0 Å². The molecule has 104 valence electrons. The highest BCUT2D eigenvalue weighted by molar-refractivity contribution is 7.89. The van der Waals surface area contributed by atoms with Gasteiger partial charge >= 0.3 is 0 Å². The molecule has 0 aliphatic carbocycles. The highest BCUT2D eigenvalue weighted by atomic mass is 32.2. The number of allylic oxidation sites excluding steroid dienone is 1. The molecule has 1 heterocycles. The monoisotopic (exact) mass is 282 g/mol. The topological polar surface area (TPSA) is 81.4 Å². The third-order valence-electron chi connectivity index (χ3n) is 2.98. The molecule has 1 aliphatic rings. The summed E-state index contributed by atoms with van der Waals surface area (Å²) in [7, 11) is -3.61. The number of nitrogens with one attached hydrogen (secondary N) is 1. The van der Waals surface area contributed by atoms with Gasteiger partial charge in [-0.2, -0.15) is 0 Å². The second-order valence-electron chi connectivity index (χ2n) is 4.53. The molecule has 0 aromatic heterocycles. The van der Waals surface area contributed by atoms with Gasteiger partial charge in [0.1, 0.15) is 6.10 Å². The van der Waals surface area contributed by atoms with E-state index in [1.54, 1.807) is 18.4 Å². The van der Waals surface area contributed by atoms with Crippen molar-refractivity contribution in [2.75, 3.05) is 6.54 Å². The largest absolute Gasteiger partial charge is 0.497 e. The molecular weight excluding hydrogens is 264 g/mol. The van der Waals surface area contributed by atoms with E-state index >= 15 is 0 Å². The highest BCUT2D eigenvalue weighted by Crippen LogP contribution is 2.10. The van der Waals surface area contributed by atoms with E-state index in [9.17, 15) is 8.42 Å². The van der Waals surface area contributed by atoms with Gasteiger partial charge in [0.2, 0.25) is 10.0 Å². The molecule has 0 spiro atoms. The van der Waals surface area contributed by atoms with Gasteiger partial charge in [0, 0.05) is 13.1 Å². The van der Waals surface area contributed by atoms with E-state index in [1.807, 2.05) is 6.08 Å². The Morgan fingerprint density at radius 1 is 1.32 bits per heavy atom. The molecular formula is C13H18N2O3S. The normalized spacial score (nSPS) is 19.1. The van der Waals surface area contributed by atoms with Gasteiger partial charge in [-0.25, -0.2) is 13.6 Å². The minimum atomic E-state index is -3.61. The van der Waals surface area contributed by atoms with E-state index < -0.39 is 10.0 Å². The van der Waals surface area contributed by atoms with E-state index in [4.69, 9.17) is 9.88 Å². The van der Waals surface area contributed by atoms with Crippen LogP contribution in [0.15, 0.2) is 41.5 Å². The van der Waals surface area contributed by atoms with Crippen LogP contribution < -0.4 is 10.5 Å². The standard InChI is InChI=1S/C13H18N2O3S/c14-19(16,17)13-6-4-11(5-7-13)9-15-10-12-3-1-2-8-18-12/h2,4-8,12,15H,1,3,9-10H2,(H2,14,16,17). The first kappa shape index (κ1) is 14.0. The summed E-state index contributed by atoms with van der Waals surface area (Å²) in [5.74, 6) is 0. The Kier molecular flexibility index (Phi) is 4.57. The minimum Gasteiger partial charge on any atom is -0.497 e. The molecule has 0 bridgehead atoms. The number of nitrogens with two attached hydrogens (primary N) is 1. The zero-order valence-electron chi connectivity index (χ0n) is 10.6. The van der Waals surface area contributed by atoms with Gasteiger partial charge in [-0.1, -0.05) is 12.1 Å². The van der Waals surface area contributed by atoms with Crippen LogP contribution in [0.5, 0.6) is 0 Å². The highest BCUT2D eigenvalue weighted by Gasteiger charge is 2.10. The van der Waals surface area contributed by atoms with Crippen LogP contribution >= 0.6 is 0 Å². The lowest BCUT2D eigenvalue weighted by molar-refractivity contribution is 0.122. The molecule has 1 aromatic rings. The van der Waals surface area contributed by atoms with Gasteiger partial charge < -0.3 is 10.1 Å². The molecule has 3 N–H and O–H groups in total. The average Bonchev–Trinajstić information content (AvgIpc) is 2.39. The third-order valence-corrected chi connectivity index (χ3v) is 3.90. The number of sulfonamides is 1. The maximum Gasteiger partial charge on any atom is 0.238 e. The molecule has 1 aliphatic heterocycles.